The zero-order valence-corrected chi connectivity index (χ0v) is 15.1. The van der Waals surface area contributed by atoms with E-state index in [0.29, 0.717) is 0 Å². The van der Waals surface area contributed by atoms with Crippen molar-refractivity contribution in [2.24, 2.45) is 0 Å². The highest BCUT2D eigenvalue weighted by Crippen LogP contribution is 2.30. The summed E-state index contributed by atoms with van der Waals surface area (Å²) in [7, 11) is 0. The van der Waals surface area contributed by atoms with Crippen LogP contribution in [0.25, 0.3) is 5.69 Å². The van der Waals surface area contributed by atoms with Crippen LogP contribution in [0.2, 0.25) is 5.02 Å². The Bertz CT molecular complexity index is 731. The Hall–Kier alpha value is -1.52. The number of hydrogen-bond donors (Lipinski definition) is 1. The molecule has 1 aromatic carbocycles. The lowest BCUT2D eigenvalue weighted by molar-refractivity contribution is 0.230. The number of benzene rings is 1. The lowest BCUT2D eigenvalue weighted by atomic mass is 10.1. The van der Waals surface area contributed by atoms with E-state index in [-0.39, 0.29) is 0 Å². The molecular formula is C19H25ClN4. The summed E-state index contributed by atoms with van der Waals surface area (Å²) in [6.07, 6.45) is 6.19. The molecule has 1 fully saturated rings. The van der Waals surface area contributed by atoms with E-state index in [1.807, 2.05) is 17.7 Å². The van der Waals surface area contributed by atoms with Crippen LogP contribution in [0.1, 0.15) is 36.1 Å². The molecule has 2 aliphatic rings. The van der Waals surface area contributed by atoms with Gasteiger partial charge in [-0.3, -0.25) is 0 Å². The van der Waals surface area contributed by atoms with Gasteiger partial charge >= 0.3 is 0 Å². The number of likely N-dealkylation sites (tertiary alicyclic amines) is 1. The predicted molar refractivity (Wildman–Crippen MR) is 99.5 cm³/mol. The number of aryl methyl sites for hydroxylation is 1. The van der Waals surface area contributed by atoms with Gasteiger partial charge in [0.1, 0.15) is 5.82 Å². The maximum Gasteiger partial charge on any atom is 0.133 e. The monoisotopic (exact) mass is 344 g/mol. The zero-order chi connectivity index (χ0) is 16.5. The minimum Gasteiger partial charge on any atom is -0.369 e. The summed E-state index contributed by atoms with van der Waals surface area (Å²) in [6.45, 7) is 6.65. The quantitative estimate of drug-likeness (QED) is 0.915. The number of nitrogens with one attached hydrogen (secondary N) is 1. The van der Waals surface area contributed by atoms with Gasteiger partial charge < -0.3 is 10.2 Å². The molecule has 4 rings (SSSR count). The number of aromatic nitrogens is 2. The van der Waals surface area contributed by atoms with Crippen LogP contribution in [0, 0.1) is 6.92 Å². The second-order valence-corrected chi connectivity index (χ2v) is 7.36. The Morgan fingerprint density at radius 3 is 2.83 bits per heavy atom. The Morgan fingerprint density at radius 2 is 2.04 bits per heavy atom. The first-order valence-corrected chi connectivity index (χ1v) is 9.44. The molecule has 24 heavy (non-hydrogen) atoms. The molecule has 0 amide bonds. The van der Waals surface area contributed by atoms with Gasteiger partial charge in [-0.25, -0.2) is 4.68 Å². The van der Waals surface area contributed by atoms with E-state index in [2.05, 4.69) is 22.3 Å². The Morgan fingerprint density at radius 1 is 1.21 bits per heavy atom. The third kappa shape index (κ3) is 3.05. The molecule has 2 aliphatic heterocycles. The highest BCUT2D eigenvalue weighted by molar-refractivity contribution is 6.31. The van der Waals surface area contributed by atoms with Crippen molar-refractivity contribution in [2.45, 2.75) is 39.0 Å². The minimum atomic E-state index is 0.796. The van der Waals surface area contributed by atoms with E-state index in [4.69, 9.17) is 16.7 Å². The van der Waals surface area contributed by atoms with Gasteiger partial charge in [0.15, 0.2) is 0 Å². The van der Waals surface area contributed by atoms with Crippen molar-refractivity contribution in [3.05, 3.63) is 40.0 Å². The summed E-state index contributed by atoms with van der Waals surface area (Å²) >= 11 is 6.32. The summed E-state index contributed by atoms with van der Waals surface area (Å²) < 4.78 is 2.04. The third-order valence-corrected chi connectivity index (χ3v) is 5.65. The molecule has 0 unspecified atom stereocenters. The van der Waals surface area contributed by atoms with Gasteiger partial charge in [0.25, 0.3) is 0 Å². The topological polar surface area (TPSA) is 33.1 Å². The third-order valence-electron chi connectivity index (χ3n) is 5.25. The molecule has 128 valence electrons. The Balaban J connectivity index is 1.58. The van der Waals surface area contributed by atoms with Crippen LogP contribution in [0.3, 0.4) is 0 Å². The highest BCUT2D eigenvalue weighted by Gasteiger charge is 2.23. The summed E-state index contributed by atoms with van der Waals surface area (Å²) in [4.78, 5) is 2.58. The second kappa shape index (κ2) is 6.77. The zero-order valence-electron chi connectivity index (χ0n) is 14.3. The van der Waals surface area contributed by atoms with Gasteiger partial charge in [0.2, 0.25) is 0 Å². The molecular weight excluding hydrogens is 320 g/mol. The number of fused-ring (bicyclic) bond motifs is 1. The number of nitrogens with zero attached hydrogens (tertiary/aromatic N) is 3. The van der Waals surface area contributed by atoms with Crippen LogP contribution in [0.5, 0.6) is 0 Å². The van der Waals surface area contributed by atoms with Gasteiger partial charge in [0, 0.05) is 30.1 Å². The van der Waals surface area contributed by atoms with Crippen LogP contribution in [-0.2, 0) is 12.8 Å². The lowest BCUT2D eigenvalue weighted by Crippen LogP contribution is -2.31. The molecule has 1 aromatic heterocycles. The fraction of sp³-hybridized carbons (Fsp3) is 0.526. The Kier molecular flexibility index (Phi) is 4.51. The van der Waals surface area contributed by atoms with Crippen LogP contribution >= 0.6 is 11.6 Å². The van der Waals surface area contributed by atoms with Crippen LogP contribution in [-0.4, -0.2) is 40.9 Å². The summed E-state index contributed by atoms with van der Waals surface area (Å²) in [5, 5.41) is 9.23. The van der Waals surface area contributed by atoms with Gasteiger partial charge in [-0.15, -0.1) is 0 Å². The van der Waals surface area contributed by atoms with E-state index in [1.54, 1.807) is 0 Å². The normalized spacial score (nSPS) is 17.8. The highest BCUT2D eigenvalue weighted by atomic mass is 35.5. The van der Waals surface area contributed by atoms with E-state index in [0.717, 1.165) is 48.0 Å². The average Bonchev–Trinajstić information content (AvgIpc) is 3.19. The largest absolute Gasteiger partial charge is 0.369 e. The number of hydrogen-bond acceptors (Lipinski definition) is 3. The fourth-order valence-electron chi connectivity index (χ4n) is 3.79. The molecule has 0 atom stereocenters. The van der Waals surface area contributed by atoms with Crippen molar-refractivity contribution in [2.75, 3.05) is 31.5 Å². The summed E-state index contributed by atoms with van der Waals surface area (Å²) in [5.74, 6) is 1.16. The van der Waals surface area contributed by atoms with Crippen molar-refractivity contribution in [3.63, 3.8) is 0 Å². The number of anilines is 1. The predicted octanol–water partition coefficient (Wildman–Crippen LogP) is 3.83. The molecule has 0 spiro atoms. The Labute approximate surface area is 148 Å². The van der Waals surface area contributed by atoms with Crippen LogP contribution in [0.4, 0.5) is 5.82 Å². The maximum absolute atomic E-state index is 6.32. The molecule has 0 saturated carbocycles. The number of piperidine rings is 1. The molecule has 1 N–H and O–H groups in total. The van der Waals surface area contributed by atoms with Crippen molar-refractivity contribution >= 4 is 17.4 Å². The molecule has 3 heterocycles. The van der Waals surface area contributed by atoms with E-state index < -0.39 is 0 Å². The van der Waals surface area contributed by atoms with Gasteiger partial charge in [-0.1, -0.05) is 24.1 Å². The molecule has 2 aromatic rings. The van der Waals surface area contributed by atoms with Crippen molar-refractivity contribution < 1.29 is 0 Å². The smallest absolute Gasteiger partial charge is 0.133 e. The van der Waals surface area contributed by atoms with Crippen LogP contribution < -0.4 is 5.32 Å². The van der Waals surface area contributed by atoms with Crippen molar-refractivity contribution in [1.29, 1.82) is 0 Å². The summed E-state index contributed by atoms with van der Waals surface area (Å²) in [5.41, 5.74) is 4.78. The first kappa shape index (κ1) is 16.0. The molecule has 0 radical (unpaired) electrons. The fourth-order valence-corrected chi connectivity index (χ4v) is 3.97. The number of halogens is 1. The lowest BCUT2D eigenvalue weighted by Gasteiger charge is -2.26. The maximum atomic E-state index is 6.32. The van der Waals surface area contributed by atoms with Crippen molar-refractivity contribution in [1.82, 2.24) is 14.7 Å². The molecule has 0 aliphatic carbocycles. The van der Waals surface area contributed by atoms with Gasteiger partial charge in [0.05, 0.1) is 11.4 Å². The summed E-state index contributed by atoms with van der Waals surface area (Å²) in [6, 6.07) is 6.18. The van der Waals surface area contributed by atoms with E-state index >= 15 is 0 Å². The molecule has 4 nitrogen and oxygen atoms in total. The molecule has 1 saturated heterocycles. The molecule has 5 heteroatoms. The SMILES string of the molecule is Cc1ccc(-n2nc(CCN3CCCCC3)c3c2NCC3)cc1Cl. The van der Waals surface area contributed by atoms with E-state index in [9.17, 15) is 0 Å². The molecule has 0 bridgehead atoms. The van der Waals surface area contributed by atoms with E-state index in [1.165, 1.54) is 43.6 Å². The average molecular weight is 345 g/mol. The van der Waals surface area contributed by atoms with Crippen molar-refractivity contribution in [3.8, 4) is 5.69 Å². The number of rotatable bonds is 4. The first-order chi connectivity index (χ1) is 11.7. The second-order valence-electron chi connectivity index (χ2n) is 6.95. The van der Waals surface area contributed by atoms with Gasteiger partial charge in [-0.2, -0.15) is 5.10 Å². The van der Waals surface area contributed by atoms with Crippen LogP contribution in [0.15, 0.2) is 18.2 Å². The standard InChI is InChI=1S/C19H25ClN4/c1-14-5-6-15(13-17(14)20)24-19-16(7-9-21-19)18(22-24)8-12-23-10-3-2-4-11-23/h5-6,13,21H,2-4,7-12H2,1H3. The minimum absolute atomic E-state index is 0.796. The van der Waals surface area contributed by atoms with Gasteiger partial charge in [-0.05, 0) is 57.0 Å². The first-order valence-electron chi connectivity index (χ1n) is 9.06.